The maximum atomic E-state index is 6.23. The SMILES string of the molecule is Cc1ccc(C2CCCN2Cc2nnc(-c3ccc(Cl)cc3Cl)o2)s1. The highest BCUT2D eigenvalue weighted by Gasteiger charge is 2.28. The van der Waals surface area contributed by atoms with Gasteiger partial charge in [-0.05, 0) is 56.6 Å². The third-order valence-corrected chi connectivity index (χ3v) is 6.07. The van der Waals surface area contributed by atoms with Gasteiger partial charge < -0.3 is 4.42 Å². The van der Waals surface area contributed by atoms with Crippen LogP contribution in [0.4, 0.5) is 0 Å². The van der Waals surface area contributed by atoms with Crippen LogP contribution in [0.3, 0.4) is 0 Å². The first kappa shape index (κ1) is 17.0. The molecule has 130 valence electrons. The maximum Gasteiger partial charge on any atom is 0.249 e. The fourth-order valence-electron chi connectivity index (χ4n) is 3.23. The van der Waals surface area contributed by atoms with Crippen molar-refractivity contribution < 1.29 is 4.42 Å². The highest BCUT2D eigenvalue weighted by molar-refractivity contribution is 7.12. The molecule has 1 unspecified atom stereocenters. The second kappa shape index (κ2) is 7.08. The minimum atomic E-state index is 0.430. The van der Waals surface area contributed by atoms with Crippen molar-refractivity contribution in [1.29, 1.82) is 0 Å². The van der Waals surface area contributed by atoms with Crippen LogP contribution in [-0.4, -0.2) is 21.6 Å². The maximum absolute atomic E-state index is 6.23. The summed E-state index contributed by atoms with van der Waals surface area (Å²) in [7, 11) is 0. The first-order valence-corrected chi connectivity index (χ1v) is 9.75. The molecule has 0 amide bonds. The number of aromatic nitrogens is 2. The van der Waals surface area contributed by atoms with Crippen LogP contribution in [0.5, 0.6) is 0 Å². The monoisotopic (exact) mass is 393 g/mol. The molecule has 0 aliphatic carbocycles. The first-order valence-electron chi connectivity index (χ1n) is 8.18. The molecule has 1 fully saturated rings. The van der Waals surface area contributed by atoms with Gasteiger partial charge in [-0.2, -0.15) is 0 Å². The Morgan fingerprint density at radius 1 is 1.24 bits per heavy atom. The Morgan fingerprint density at radius 3 is 2.88 bits per heavy atom. The van der Waals surface area contributed by atoms with Gasteiger partial charge in [0.2, 0.25) is 11.8 Å². The topological polar surface area (TPSA) is 42.2 Å². The number of thiophene rings is 1. The normalized spacial score (nSPS) is 18.1. The third kappa shape index (κ3) is 3.60. The lowest BCUT2D eigenvalue weighted by Gasteiger charge is -2.21. The third-order valence-electron chi connectivity index (χ3n) is 4.42. The Bertz CT molecular complexity index is 892. The molecule has 4 nitrogen and oxygen atoms in total. The number of hydrogen-bond donors (Lipinski definition) is 0. The number of rotatable bonds is 4. The lowest BCUT2D eigenvalue weighted by atomic mass is 10.2. The standard InChI is InChI=1S/C18H17Cl2N3OS/c1-11-4-7-16(25-11)15-3-2-8-23(15)10-17-21-22-18(24-17)13-6-5-12(19)9-14(13)20/h4-7,9,15H,2-3,8,10H2,1H3. The van der Waals surface area contributed by atoms with Crippen LogP contribution in [0.2, 0.25) is 10.0 Å². The molecule has 0 N–H and O–H groups in total. The molecule has 1 aromatic carbocycles. The van der Waals surface area contributed by atoms with E-state index in [0.717, 1.165) is 6.54 Å². The summed E-state index contributed by atoms with van der Waals surface area (Å²) in [6.07, 6.45) is 2.36. The number of hydrogen-bond acceptors (Lipinski definition) is 5. The van der Waals surface area contributed by atoms with E-state index in [1.165, 1.54) is 22.6 Å². The predicted octanol–water partition coefficient (Wildman–Crippen LogP) is 5.75. The van der Waals surface area contributed by atoms with E-state index in [-0.39, 0.29) is 0 Å². The zero-order valence-electron chi connectivity index (χ0n) is 13.7. The molecule has 0 saturated carbocycles. The van der Waals surface area contributed by atoms with E-state index in [9.17, 15) is 0 Å². The van der Waals surface area contributed by atoms with E-state index in [4.69, 9.17) is 27.6 Å². The fraction of sp³-hybridized carbons (Fsp3) is 0.333. The molecule has 1 aliphatic heterocycles. The van der Waals surface area contributed by atoms with Crippen LogP contribution in [0, 0.1) is 6.92 Å². The largest absolute Gasteiger partial charge is 0.419 e. The summed E-state index contributed by atoms with van der Waals surface area (Å²) in [6, 6.07) is 10.1. The molecule has 3 aromatic rings. The Labute approximate surface area is 160 Å². The van der Waals surface area contributed by atoms with E-state index >= 15 is 0 Å². The second-order valence-corrected chi connectivity index (χ2v) is 8.37. The van der Waals surface area contributed by atoms with Gasteiger partial charge in [-0.25, -0.2) is 0 Å². The lowest BCUT2D eigenvalue weighted by molar-refractivity contribution is 0.227. The Hall–Kier alpha value is -1.40. The quantitative estimate of drug-likeness (QED) is 0.565. The molecule has 1 saturated heterocycles. The number of halogens is 2. The first-order chi connectivity index (χ1) is 12.1. The average Bonchev–Trinajstić information content (AvgIpc) is 3.29. The molecule has 3 heterocycles. The van der Waals surface area contributed by atoms with Crippen LogP contribution in [0.15, 0.2) is 34.7 Å². The molecule has 2 aromatic heterocycles. The molecule has 4 rings (SSSR count). The molecule has 0 radical (unpaired) electrons. The molecule has 7 heteroatoms. The summed E-state index contributed by atoms with van der Waals surface area (Å²) in [5, 5.41) is 9.45. The summed E-state index contributed by atoms with van der Waals surface area (Å²) < 4.78 is 5.85. The number of nitrogens with zero attached hydrogens (tertiary/aromatic N) is 3. The van der Waals surface area contributed by atoms with Crippen LogP contribution < -0.4 is 0 Å². The van der Waals surface area contributed by atoms with Crippen molar-refractivity contribution in [3.05, 3.63) is 56.0 Å². The summed E-state index contributed by atoms with van der Waals surface area (Å²) in [5.74, 6) is 1.04. The highest BCUT2D eigenvalue weighted by Crippen LogP contribution is 2.37. The van der Waals surface area contributed by atoms with Crippen LogP contribution in [-0.2, 0) is 6.54 Å². The van der Waals surface area contributed by atoms with E-state index in [1.54, 1.807) is 18.2 Å². The van der Waals surface area contributed by atoms with Gasteiger partial charge in [0.15, 0.2) is 0 Å². The Kier molecular flexibility index (Phi) is 4.82. The molecular weight excluding hydrogens is 377 g/mol. The molecule has 1 aliphatic rings. The van der Waals surface area contributed by atoms with Crippen molar-refractivity contribution >= 4 is 34.5 Å². The molecule has 25 heavy (non-hydrogen) atoms. The smallest absolute Gasteiger partial charge is 0.249 e. The van der Waals surface area contributed by atoms with Crippen molar-refractivity contribution in [1.82, 2.24) is 15.1 Å². The summed E-state index contributed by atoms with van der Waals surface area (Å²) in [4.78, 5) is 5.17. The Balaban J connectivity index is 1.52. The second-order valence-electron chi connectivity index (χ2n) is 6.20. The van der Waals surface area contributed by atoms with Crippen molar-refractivity contribution in [2.75, 3.05) is 6.54 Å². The van der Waals surface area contributed by atoms with Crippen molar-refractivity contribution in [2.24, 2.45) is 0 Å². The van der Waals surface area contributed by atoms with Gasteiger partial charge in [-0.15, -0.1) is 21.5 Å². The average molecular weight is 394 g/mol. The fourth-order valence-corrected chi connectivity index (χ4v) is 4.77. The van der Waals surface area contributed by atoms with Crippen molar-refractivity contribution in [2.45, 2.75) is 32.4 Å². The summed E-state index contributed by atoms with van der Waals surface area (Å²) in [6.45, 7) is 3.84. The van der Waals surface area contributed by atoms with Crippen LogP contribution in [0.25, 0.3) is 11.5 Å². The van der Waals surface area contributed by atoms with Gasteiger partial charge in [0.05, 0.1) is 17.1 Å². The van der Waals surface area contributed by atoms with Crippen molar-refractivity contribution in [3.63, 3.8) is 0 Å². The highest BCUT2D eigenvalue weighted by atomic mass is 35.5. The van der Waals surface area contributed by atoms with E-state index in [2.05, 4.69) is 34.2 Å². The Morgan fingerprint density at radius 2 is 2.12 bits per heavy atom. The predicted molar refractivity (Wildman–Crippen MR) is 101 cm³/mol. The summed E-state index contributed by atoms with van der Waals surface area (Å²) >= 11 is 14.0. The summed E-state index contributed by atoms with van der Waals surface area (Å²) in [5.41, 5.74) is 0.705. The molecular formula is C18H17Cl2N3OS. The van der Waals surface area contributed by atoms with E-state index in [0.29, 0.717) is 40.0 Å². The molecule has 0 bridgehead atoms. The van der Waals surface area contributed by atoms with Gasteiger partial charge in [0.25, 0.3) is 0 Å². The number of benzene rings is 1. The van der Waals surface area contributed by atoms with Gasteiger partial charge in [-0.1, -0.05) is 23.2 Å². The van der Waals surface area contributed by atoms with Gasteiger partial charge in [-0.3, -0.25) is 4.90 Å². The van der Waals surface area contributed by atoms with E-state index in [1.807, 2.05) is 11.3 Å². The lowest BCUT2D eigenvalue weighted by Crippen LogP contribution is -2.22. The molecule has 1 atom stereocenters. The zero-order chi connectivity index (χ0) is 17.4. The van der Waals surface area contributed by atoms with Gasteiger partial charge in [0.1, 0.15) is 0 Å². The molecule has 0 spiro atoms. The minimum absolute atomic E-state index is 0.430. The van der Waals surface area contributed by atoms with Gasteiger partial charge >= 0.3 is 0 Å². The number of likely N-dealkylation sites (tertiary alicyclic amines) is 1. The number of aryl methyl sites for hydroxylation is 1. The van der Waals surface area contributed by atoms with Crippen molar-refractivity contribution in [3.8, 4) is 11.5 Å². The minimum Gasteiger partial charge on any atom is -0.419 e. The zero-order valence-corrected chi connectivity index (χ0v) is 16.0. The van der Waals surface area contributed by atoms with Gasteiger partial charge in [0, 0.05) is 20.8 Å². The van der Waals surface area contributed by atoms with E-state index < -0.39 is 0 Å². The van der Waals surface area contributed by atoms with Crippen LogP contribution >= 0.6 is 34.5 Å². The van der Waals surface area contributed by atoms with Crippen LogP contribution in [0.1, 0.15) is 34.5 Å².